The molecule has 0 spiro atoms. The maximum atomic E-state index is 13.3. The molecule has 3 aromatic rings. The Kier molecular flexibility index (Phi) is 7.34. The number of hydrogen-bond donors (Lipinski definition) is 0. The highest BCUT2D eigenvalue weighted by Crippen LogP contribution is 2.24. The zero-order chi connectivity index (χ0) is 21.7. The lowest BCUT2D eigenvalue weighted by molar-refractivity contribution is 0.104. The molecule has 30 heavy (non-hydrogen) atoms. The number of hydrogen-bond acceptors (Lipinski definition) is 4. The standard InChI is InChI=1S/C24H21BrO3S2/c1-17-3-5-19(6-4-17)16-30(27,28)23(15-18-7-13-22(29-2)14-8-18)24(26)20-9-11-21(25)12-10-20/h3-15H,16H2,1-2H3. The number of carbonyl (C=O) groups excluding carboxylic acids is 1. The van der Waals surface area contributed by atoms with Gasteiger partial charge in [0.1, 0.15) is 4.91 Å². The van der Waals surface area contributed by atoms with E-state index in [1.807, 2.05) is 49.6 Å². The van der Waals surface area contributed by atoms with Crippen LogP contribution in [0.5, 0.6) is 0 Å². The van der Waals surface area contributed by atoms with Crippen molar-refractivity contribution >= 4 is 49.4 Å². The van der Waals surface area contributed by atoms with Gasteiger partial charge in [0, 0.05) is 14.9 Å². The van der Waals surface area contributed by atoms with Crippen LogP contribution < -0.4 is 0 Å². The molecule has 0 atom stereocenters. The predicted molar refractivity (Wildman–Crippen MR) is 128 cm³/mol. The van der Waals surface area contributed by atoms with E-state index >= 15 is 0 Å². The van der Waals surface area contributed by atoms with Crippen molar-refractivity contribution in [2.24, 2.45) is 0 Å². The molecule has 0 fully saturated rings. The molecule has 3 aromatic carbocycles. The molecule has 3 rings (SSSR count). The van der Waals surface area contributed by atoms with E-state index < -0.39 is 15.6 Å². The number of halogens is 1. The van der Waals surface area contributed by atoms with Crippen molar-refractivity contribution in [3.05, 3.63) is 104 Å². The molecule has 6 heteroatoms. The molecule has 3 nitrogen and oxygen atoms in total. The van der Waals surface area contributed by atoms with Crippen LogP contribution in [0.1, 0.15) is 27.0 Å². The molecule has 0 N–H and O–H groups in total. The van der Waals surface area contributed by atoms with E-state index in [0.717, 1.165) is 14.9 Å². The Labute approximate surface area is 190 Å². The number of sulfone groups is 1. The summed E-state index contributed by atoms with van der Waals surface area (Å²) in [7, 11) is -3.87. The van der Waals surface area contributed by atoms with Gasteiger partial charge < -0.3 is 0 Å². The van der Waals surface area contributed by atoms with Crippen LogP contribution in [0.25, 0.3) is 6.08 Å². The van der Waals surface area contributed by atoms with Crippen molar-refractivity contribution in [1.29, 1.82) is 0 Å². The summed E-state index contributed by atoms with van der Waals surface area (Å²) in [6.45, 7) is 1.94. The topological polar surface area (TPSA) is 51.2 Å². The molecular weight excluding hydrogens is 480 g/mol. The van der Waals surface area contributed by atoms with Gasteiger partial charge in [-0.2, -0.15) is 0 Å². The SMILES string of the molecule is CSc1ccc(C=C(C(=O)c2ccc(Br)cc2)S(=O)(=O)Cc2ccc(C)cc2)cc1. The Bertz CT molecular complexity index is 1160. The Morgan fingerprint density at radius 2 is 1.53 bits per heavy atom. The molecule has 0 bridgehead atoms. The van der Waals surface area contributed by atoms with Gasteiger partial charge in [-0.25, -0.2) is 8.42 Å². The highest BCUT2D eigenvalue weighted by atomic mass is 79.9. The van der Waals surface area contributed by atoms with Crippen molar-refractivity contribution in [3.8, 4) is 0 Å². The van der Waals surface area contributed by atoms with Gasteiger partial charge in [-0.3, -0.25) is 4.79 Å². The normalized spacial score (nSPS) is 12.0. The van der Waals surface area contributed by atoms with E-state index in [1.165, 1.54) is 6.08 Å². The minimum atomic E-state index is -3.87. The van der Waals surface area contributed by atoms with Crippen LogP contribution in [0, 0.1) is 6.92 Å². The Balaban J connectivity index is 2.05. The highest BCUT2D eigenvalue weighted by Gasteiger charge is 2.26. The van der Waals surface area contributed by atoms with Crippen LogP contribution in [0.2, 0.25) is 0 Å². The molecular formula is C24H21BrO3S2. The van der Waals surface area contributed by atoms with Crippen molar-refractivity contribution in [3.63, 3.8) is 0 Å². The van der Waals surface area contributed by atoms with E-state index in [9.17, 15) is 13.2 Å². The first-order valence-corrected chi connectivity index (χ1v) is 12.9. The third kappa shape index (κ3) is 5.72. The maximum Gasteiger partial charge on any atom is 0.204 e. The minimum Gasteiger partial charge on any atom is -0.288 e. The highest BCUT2D eigenvalue weighted by molar-refractivity contribution is 9.10. The summed E-state index contributed by atoms with van der Waals surface area (Å²) in [6.07, 6.45) is 3.44. The molecule has 0 saturated heterocycles. The van der Waals surface area contributed by atoms with Gasteiger partial charge in [-0.15, -0.1) is 11.8 Å². The molecule has 0 amide bonds. The Hall–Kier alpha value is -2.15. The number of rotatable bonds is 7. The van der Waals surface area contributed by atoms with Gasteiger partial charge in [0.2, 0.25) is 5.78 Å². The van der Waals surface area contributed by atoms with Gasteiger partial charge in [0.25, 0.3) is 0 Å². The van der Waals surface area contributed by atoms with Gasteiger partial charge in [0.05, 0.1) is 5.75 Å². The van der Waals surface area contributed by atoms with Crippen molar-refractivity contribution in [2.75, 3.05) is 6.26 Å². The molecule has 0 aromatic heterocycles. The van der Waals surface area contributed by atoms with Crippen LogP contribution in [0.4, 0.5) is 0 Å². The first-order valence-electron chi connectivity index (χ1n) is 9.23. The fourth-order valence-electron chi connectivity index (χ4n) is 2.87. The molecule has 0 heterocycles. The van der Waals surface area contributed by atoms with Crippen LogP contribution in [-0.2, 0) is 15.6 Å². The summed E-state index contributed by atoms with van der Waals surface area (Å²) < 4.78 is 27.4. The molecule has 0 aliphatic carbocycles. The lowest BCUT2D eigenvalue weighted by atomic mass is 10.1. The minimum absolute atomic E-state index is 0.206. The first kappa shape index (κ1) is 22.5. The molecule has 0 radical (unpaired) electrons. The third-order valence-electron chi connectivity index (χ3n) is 4.56. The fraction of sp³-hybridized carbons (Fsp3) is 0.125. The molecule has 0 saturated carbocycles. The van der Waals surface area contributed by atoms with E-state index in [0.29, 0.717) is 16.7 Å². The Morgan fingerprint density at radius 3 is 2.10 bits per heavy atom. The number of carbonyl (C=O) groups is 1. The first-order chi connectivity index (χ1) is 14.3. The molecule has 0 aliphatic rings. The molecule has 0 unspecified atom stereocenters. The van der Waals surface area contributed by atoms with Crippen LogP contribution in [0.15, 0.2) is 87.1 Å². The van der Waals surface area contributed by atoms with Gasteiger partial charge >= 0.3 is 0 Å². The third-order valence-corrected chi connectivity index (χ3v) is 7.52. The number of Topliss-reactive ketones (excluding diaryl/α,β-unsaturated/α-hetero) is 1. The quantitative estimate of drug-likeness (QED) is 0.216. The second-order valence-corrected chi connectivity index (χ2v) is 10.6. The molecule has 0 aliphatic heterocycles. The van der Waals surface area contributed by atoms with Crippen LogP contribution in [0.3, 0.4) is 0 Å². The van der Waals surface area contributed by atoms with E-state index in [2.05, 4.69) is 15.9 Å². The summed E-state index contributed by atoms with van der Waals surface area (Å²) in [5.74, 6) is -0.742. The number of thioether (sulfide) groups is 1. The van der Waals surface area contributed by atoms with Crippen molar-refractivity contribution in [1.82, 2.24) is 0 Å². The number of ketones is 1. The lowest BCUT2D eigenvalue weighted by Crippen LogP contribution is -2.16. The summed E-state index contributed by atoms with van der Waals surface area (Å²) in [4.78, 5) is 14.1. The van der Waals surface area contributed by atoms with Crippen molar-refractivity contribution in [2.45, 2.75) is 17.6 Å². The van der Waals surface area contributed by atoms with Gasteiger partial charge in [-0.05, 0) is 66.8 Å². The summed E-state index contributed by atoms with van der Waals surface area (Å²) in [5.41, 5.74) is 2.69. The zero-order valence-corrected chi connectivity index (χ0v) is 19.9. The van der Waals surface area contributed by atoms with Gasteiger partial charge in [0.15, 0.2) is 9.84 Å². The van der Waals surface area contributed by atoms with Crippen LogP contribution >= 0.6 is 27.7 Å². The number of aryl methyl sites for hydroxylation is 1. The summed E-state index contributed by atoms with van der Waals surface area (Å²) in [5, 5.41) is 0. The second kappa shape index (κ2) is 9.77. The smallest absolute Gasteiger partial charge is 0.204 e. The monoisotopic (exact) mass is 500 g/mol. The van der Waals surface area contributed by atoms with Gasteiger partial charge in [-0.1, -0.05) is 57.9 Å². The number of allylic oxidation sites excluding steroid dienone is 1. The summed E-state index contributed by atoms with van der Waals surface area (Å²) in [6, 6.07) is 21.5. The number of benzene rings is 3. The fourth-order valence-corrected chi connectivity index (χ4v) is 5.05. The predicted octanol–water partition coefficient (Wildman–Crippen LogP) is 6.32. The van der Waals surface area contributed by atoms with E-state index in [-0.39, 0.29) is 10.7 Å². The Morgan fingerprint density at radius 1 is 0.933 bits per heavy atom. The zero-order valence-electron chi connectivity index (χ0n) is 16.6. The lowest BCUT2D eigenvalue weighted by Gasteiger charge is -2.10. The maximum absolute atomic E-state index is 13.3. The largest absolute Gasteiger partial charge is 0.288 e. The average Bonchev–Trinajstić information content (AvgIpc) is 2.74. The average molecular weight is 501 g/mol. The summed E-state index contributed by atoms with van der Waals surface area (Å²) >= 11 is 4.94. The van der Waals surface area contributed by atoms with E-state index in [4.69, 9.17) is 0 Å². The van der Waals surface area contributed by atoms with E-state index in [1.54, 1.807) is 48.2 Å². The second-order valence-electron chi connectivity index (χ2n) is 6.86. The van der Waals surface area contributed by atoms with Crippen molar-refractivity contribution < 1.29 is 13.2 Å². The molecule has 154 valence electrons. The van der Waals surface area contributed by atoms with Crippen LogP contribution in [-0.4, -0.2) is 20.5 Å².